The smallest absolute Gasteiger partial charge is 0.132 e. The van der Waals surface area contributed by atoms with E-state index in [1.807, 2.05) is 42.5 Å². The molecule has 0 fully saturated rings. The molecule has 2 aromatic rings. The Balaban J connectivity index is 1.43. The molecule has 4 nitrogen and oxygen atoms in total. The number of nitrogens with one attached hydrogen (secondary N) is 1. The highest BCUT2D eigenvalue weighted by molar-refractivity contribution is 7.99. The van der Waals surface area contributed by atoms with Gasteiger partial charge < -0.3 is 19.9 Å². The summed E-state index contributed by atoms with van der Waals surface area (Å²) in [6.07, 6.45) is -0.425. The summed E-state index contributed by atoms with van der Waals surface area (Å²) in [5, 5.41) is 13.7. The maximum atomic E-state index is 10.3. The molecular weight excluding hydrogens is 354 g/mol. The number of benzene rings is 2. The number of thioether (sulfide) groups is 2. The summed E-state index contributed by atoms with van der Waals surface area (Å²) >= 11 is 3.40. The van der Waals surface area contributed by atoms with E-state index in [0.717, 1.165) is 22.1 Å². The predicted octanol–water partition coefficient (Wildman–Crippen LogP) is 3.29. The van der Waals surface area contributed by atoms with E-state index in [0.29, 0.717) is 18.9 Å². The number of rotatable bonds is 7. The number of hydrogen-bond acceptors (Lipinski definition) is 6. The highest BCUT2D eigenvalue weighted by Crippen LogP contribution is 2.32. The van der Waals surface area contributed by atoms with Gasteiger partial charge in [0.2, 0.25) is 0 Å². The molecule has 0 amide bonds. The fourth-order valence-corrected chi connectivity index (χ4v) is 4.52. The van der Waals surface area contributed by atoms with Crippen LogP contribution in [0.5, 0.6) is 11.5 Å². The van der Waals surface area contributed by atoms with E-state index in [1.54, 1.807) is 30.6 Å². The lowest BCUT2D eigenvalue weighted by Gasteiger charge is -2.18. The molecule has 6 heteroatoms. The van der Waals surface area contributed by atoms with Crippen LogP contribution in [0, 0.1) is 0 Å². The van der Waals surface area contributed by atoms with Gasteiger partial charge in [0.15, 0.2) is 0 Å². The zero-order valence-electron chi connectivity index (χ0n) is 14.2. The van der Waals surface area contributed by atoms with E-state index in [9.17, 15) is 5.11 Å². The molecule has 3 rings (SSSR count). The Morgan fingerprint density at radius 2 is 2.08 bits per heavy atom. The van der Waals surface area contributed by atoms with Crippen molar-refractivity contribution in [2.24, 2.45) is 0 Å². The van der Waals surface area contributed by atoms with E-state index in [1.165, 1.54) is 4.90 Å². The number of ether oxygens (including phenoxy) is 2. The Kier molecular flexibility index (Phi) is 6.93. The Morgan fingerprint density at radius 1 is 1.28 bits per heavy atom. The average molecular weight is 378 g/mol. The van der Waals surface area contributed by atoms with Gasteiger partial charge in [0.05, 0.1) is 19.3 Å². The monoisotopic (exact) mass is 377 g/mol. The molecule has 0 aromatic heterocycles. The van der Waals surface area contributed by atoms with E-state index < -0.39 is 6.10 Å². The molecule has 25 heavy (non-hydrogen) atoms. The van der Waals surface area contributed by atoms with Crippen LogP contribution in [0.3, 0.4) is 0 Å². The summed E-state index contributed by atoms with van der Waals surface area (Å²) < 4.78 is 11.2. The fraction of sp³-hybridized carbons (Fsp3) is 0.368. The largest absolute Gasteiger partial charge is 0.496 e. The summed E-state index contributed by atoms with van der Waals surface area (Å²) in [5.74, 6) is 3.35. The second-order valence-electron chi connectivity index (χ2n) is 5.79. The maximum absolute atomic E-state index is 10.3. The van der Waals surface area contributed by atoms with Crippen LogP contribution < -0.4 is 14.8 Å². The molecule has 1 aliphatic rings. The third kappa shape index (κ3) is 5.31. The van der Waals surface area contributed by atoms with Gasteiger partial charge in [0, 0.05) is 27.8 Å². The highest BCUT2D eigenvalue weighted by atomic mass is 32.2. The van der Waals surface area contributed by atoms with Crippen molar-refractivity contribution in [2.75, 3.05) is 31.8 Å². The van der Waals surface area contributed by atoms with Gasteiger partial charge in [-0.25, -0.2) is 0 Å². The molecule has 134 valence electrons. The van der Waals surface area contributed by atoms with E-state index in [-0.39, 0.29) is 6.04 Å². The number of hydrogen-bond donors (Lipinski definition) is 2. The van der Waals surface area contributed by atoms with Crippen LogP contribution in [-0.4, -0.2) is 49.0 Å². The van der Waals surface area contributed by atoms with Crippen molar-refractivity contribution in [3.63, 3.8) is 0 Å². The summed E-state index contributed by atoms with van der Waals surface area (Å²) in [5.41, 5.74) is 0. The lowest BCUT2D eigenvalue weighted by Crippen LogP contribution is -2.41. The number of methoxy groups -OCH3 is 1. The van der Waals surface area contributed by atoms with Crippen LogP contribution in [0.1, 0.15) is 0 Å². The van der Waals surface area contributed by atoms with E-state index in [2.05, 4.69) is 11.4 Å². The minimum Gasteiger partial charge on any atom is -0.496 e. The molecule has 0 bridgehead atoms. The minimum atomic E-state index is -0.425. The van der Waals surface area contributed by atoms with Crippen LogP contribution in [0.25, 0.3) is 0 Å². The molecule has 0 unspecified atom stereocenters. The van der Waals surface area contributed by atoms with Crippen LogP contribution in [0.4, 0.5) is 0 Å². The van der Waals surface area contributed by atoms with Crippen molar-refractivity contribution < 1.29 is 14.6 Å². The standard InChI is InChI=1S/C19H23NO3S2/c1-22-16-6-2-4-8-18(16)25-13-15(21)10-20-14-11-23-17-7-3-5-9-19(17)24-12-14/h2-9,14-15,20-21H,10-13H2,1H3/t14-,15+/m1/s1. The van der Waals surface area contributed by atoms with Gasteiger partial charge in [-0.05, 0) is 24.3 Å². The van der Waals surface area contributed by atoms with Gasteiger partial charge >= 0.3 is 0 Å². The zero-order chi connectivity index (χ0) is 17.5. The molecule has 0 radical (unpaired) electrons. The number of aliphatic hydroxyl groups is 1. The van der Waals surface area contributed by atoms with Gasteiger partial charge in [0.25, 0.3) is 0 Å². The number of fused-ring (bicyclic) bond motifs is 1. The van der Waals surface area contributed by atoms with Crippen LogP contribution in [0.2, 0.25) is 0 Å². The van der Waals surface area contributed by atoms with Crippen LogP contribution >= 0.6 is 23.5 Å². The third-order valence-electron chi connectivity index (χ3n) is 3.87. The quantitative estimate of drug-likeness (QED) is 0.722. The maximum Gasteiger partial charge on any atom is 0.132 e. The highest BCUT2D eigenvalue weighted by Gasteiger charge is 2.18. The van der Waals surface area contributed by atoms with Crippen molar-refractivity contribution in [1.29, 1.82) is 0 Å². The number of aliphatic hydroxyl groups excluding tert-OH is 1. The molecule has 0 saturated heterocycles. The molecule has 0 aliphatic carbocycles. The second-order valence-corrected chi connectivity index (χ2v) is 7.91. The zero-order valence-corrected chi connectivity index (χ0v) is 15.8. The molecule has 1 aliphatic heterocycles. The summed E-state index contributed by atoms with van der Waals surface area (Å²) in [4.78, 5) is 2.23. The molecule has 0 spiro atoms. The van der Waals surface area contributed by atoms with E-state index in [4.69, 9.17) is 9.47 Å². The Labute approximate surface area is 157 Å². The lowest BCUT2D eigenvalue weighted by atomic mass is 10.3. The first kappa shape index (κ1) is 18.5. The van der Waals surface area contributed by atoms with Crippen LogP contribution in [-0.2, 0) is 0 Å². The first-order valence-corrected chi connectivity index (χ1v) is 10.3. The van der Waals surface area contributed by atoms with Crippen molar-refractivity contribution in [3.05, 3.63) is 48.5 Å². The lowest BCUT2D eigenvalue weighted by molar-refractivity contribution is 0.183. The molecule has 2 atom stereocenters. The van der Waals surface area contributed by atoms with Gasteiger partial charge in [-0.15, -0.1) is 23.5 Å². The number of para-hydroxylation sites is 2. The van der Waals surface area contributed by atoms with E-state index >= 15 is 0 Å². The Bertz CT molecular complexity index is 656. The summed E-state index contributed by atoms with van der Waals surface area (Å²) in [6.45, 7) is 1.17. The van der Waals surface area contributed by atoms with Crippen LogP contribution in [0.15, 0.2) is 58.3 Å². The topological polar surface area (TPSA) is 50.7 Å². The van der Waals surface area contributed by atoms with Crippen molar-refractivity contribution in [1.82, 2.24) is 5.32 Å². The first-order valence-electron chi connectivity index (χ1n) is 8.28. The molecular formula is C19H23NO3S2. The molecule has 2 N–H and O–H groups in total. The average Bonchev–Trinajstić information content (AvgIpc) is 2.87. The Hall–Kier alpha value is -1.34. The predicted molar refractivity (Wildman–Crippen MR) is 104 cm³/mol. The fourth-order valence-electron chi connectivity index (χ4n) is 2.52. The molecule has 0 saturated carbocycles. The van der Waals surface area contributed by atoms with Gasteiger partial charge in [-0.2, -0.15) is 0 Å². The van der Waals surface area contributed by atoms with Crippen molar-refractivity contribution >= 4 is 23.5 Å². The van der Waals surface area contributed by atoms with Crippen molar-refractivity contribution in [2.45, 2.75) is 21.9 Å². The summed E-state index contributed by atoms with van der Waals surface area (Å²) in [6, 6.07) is 16.2. The first-order chi connectivity index (χ1) is 12.3. The van der Waals surface area contributed by atoms with Gasteiger partial charge in [-0.3, -0.25) is 0 Å². The van der Waals surface area contributed by atoms with Gasteiger partial charge in [-0.1, -0.05) is 24.3 Å². The normalized spacial score (nSPS) is 17.9. The van der Waals surface area contributed by atoms with Gasteiger partial charge in [0.1, 0.15) is 18.1 Å². The minimum absolute atomic E-state index is 0.225. The van der Waals surface area contributed by atoms with Crippen molar-refractivity contribution in [3.8, 4) is 11.5 Å². The molecule has 1 heterocycles. The SMILES string of the molecule is COc1ccccc1SC[C@@H](O)CN[C@@H]1COc2ccccc2SC1. The second kappa shape index (κ2) is 9.38. The summed E-state index contributed by atoms with van der Waals surface area (Å²) in [7, 11) is 1.67. The molecule has 2 aromatic carbocycles. The Morgan fingerprint density at radius 3 is 2.96 bits per heavy atom. The third-order valence-corrected chi connectivity index (χ3v) is 6.29.